The van der Waals surface area contributed by atoms with Gasteiger partial charge >= 0.3 is 0 Å². The van der Waals surface area contributed by atoms with E-state index in [1.165, 1.54) is 71.2 Å². The lowest BCUT2D eigenvalue weighted by molar-refractivity contribution is 0.0986. The number of rotatable bonds is 6. The first kappa shape index (κ1) is 17.3. The van der Waals surface area contributed by atoms with Crippen LogP contribution >= 0.6 is 0 Å². The Morgan fingerprint density at radius 3 is 2.29 bits per heavy atom. The average molecular weight is 295 g/mol. The lowest BCUT2D eigenvalue weighted by Gasteiger charge is -2.39. The minimum Gasteiger partial charge on any atom is -0.303 e. The summed E-state index contributed by atoms with van der Waals surface area (Å²) in [7, 11) is 0. The van der Waals surface area contributed by atoms with Crippen LogP contribution in [0.2, 0.25) is 0 Å². The normalized spacial score (nSPS) is 28.7. The highest BCUT2D eigenvalue weighted by Gasteiger charge is 2.26. The second kappa shape index (κ2) is 8.53. The Balaban J connectivity index is 1.76. The molecule has 0 aliphatic carbocycles. The summed E-state index contributed by atoms with van der Waals surface area (Å²) < 4.78 is 0. The molecule has 2 aliphatic rings. The van der Waals surface area contributed by atoms with Crippen molar-refractivity contribution in [2.45, 2.75) is 72.3 Å². The van der Waals surface area contributed by atoms with Crippen LogP contribution in [-0.2, 0) is 0 Å². The van der Waals surface area contributed by atoms with Gasteiger partial charge in [0, 0.05) is 19.1 Å². The molecule has 0 aromatic heterocycles. The number of piperidine rings is 2. The minimum absolute atomic E-state index is 0.783. The summed E-state index contributed by atoms with van der Waals surface area (Å²) >= 11 is 0. The van der Waals surface area contributed by atoms with Gasteiger partial charge < -0.3 is 9.80 Å². The molecule has 2 fully saturated rings. The molecule has 2 rings (SSSR count). The number of hydrogen-bond acceptors (Lipinski definition) is 2. The fourth-order valence-corrected chi connectivity index (χ4v) is 4.43. The molecule has 0 saturated carbocycles. The Bertz CT molecular complexity index is 283. The highest BCUT2D eigenvalue weighted by molar-refractivity contribution is 4.81. The van der Waals surface area contributed by atoms with Crippen LogP contribution in [0.25, 0.3) is 0 Å². The molecular weight excluding hydrogens is 256 g/mol. The van der Waals surface area contributed by atoms with E-state index in [1.807, 2.05) is 0 Å². The van der Waals surface area contributed by atoms with Gasteiger partial charge in [-0.05, 0) is 76.4 Å². The van der Waals surface area contributed by atoms with E-state index in [1.54, 1.807) is 0 Å². The van der Waals surface area contributed by atoms with E-state index in [9.17, 15) is 0 Å². The van der Waals surface area contributed by atoms with E-state index in [0.717, 1.165) is 23.8 Å². The van der Waals surface area contributed by atoms with Gasteiger partial charge in [0.15, 0.2) is 0 Å². The third-order valence-electron chi connectivity index (χ3n) is 5.72. The van der Waals surface area contributed by atoms with Crippen LogP contribution in [0.4, 0.5) is 0 Å². The molecule has 0 radical (unpaired) electrons. The van der Waals surface area contributed by atoms with Gasteiger partial charge in [0.25, 0.3) is 0 Å². The van der Waals surface area contributed by atoms with Crippen LogP contribution in [0.5, 0.6) is 0 Å². The summed E-state index contributed by atoms with van der Waals surface area (Å²) in [6.45, 7) is 16.4. The van der Waals surface area contributed by atoms with Crippen molar-refractivity contribution >= 4 is 0 Å². The lowest BCUT2D eigenvalue weighted by Crippen LogP contribution is -2.43. The van der Waals surface area contributed by atoms with E-state index in [0.29, 0.717) is 0 Å². The van der Waals surface area contributed by atoms with Crippen LogP contribution in [0.15, 0.2) is 0 Å². The largest absolute Gasteiger partial charge is 0.303 e. The Labute approximate surface area is 133 Å². The van der Waals surface area contributed by atoms with Crippen molar-refractivity contribution in [1.29, 1.82) is 0 Å². The van der Waals surface area contributed by atoms with Crippen molar-refractivity contribution in [2.24, 2.45) is 17.8 Å². The van der Waals surface area contributed by atoms with Crippen LogP contribution < -0.4 is 0 Å². The molecule has 2 heterocycles. The summed E-state index contributed by atoms with van der Waals surface area (Å²) in [6, 6.07) is 0.783. The first-order chi connectivity index (χ1) is 10.1. The lowest BCUT2D eigenvalue weighted by atomic mass is 9.85. The number of hydrogen-bond donors (Lipinski definition) is 0. The number of likely N-dealkylation sites (tertiary alicyclic amines) is 2. The van der Waals surface area contributed by atoms with Gasteiger partial charge in [-0.25, -0.2) is 0 Å². The fourth-order valence-electron chi connectivity index (χ4n) is 4.43. The van der Waals surface area contributed by atoms with Crippen molar-refractivity contribution in [3.05, 3.63) is 0 Å². The maximum absolute atomic E-state index is 2.75. The number of nitrogens with zero attached hydrogens (tertiary/aromatic N) is 2. The third kappa shape index (κ3) is 5.56. The summed E-state index contributed by atoms with van der Waals surface area (Å²) in [5.41, 5.74) is 0. The molecule has 0 spiro atoms. The van der Waals surface area contributed by atoms with Gasteiger partial charge in [-0.2, -0.15) is 0 Å². The Kier molecular flexibility index (Phi) is 7.01. The maximum Gasteiger partial charge on any atom is 0.00926 e. The van der Waals surface area contributed by atoms with E-state index in [-0.39, 0.29) is 0 Å². The van der Waals surface area contributed by atoms with Crippen molar-refractivity contribution < 1.29 is 0 Å². The standard InChI is InChI=1S/C19H38N2/c1-16(2)14-20-10-8-9-19(15-20)13-17(3)18(4)21-11-6-5-7-12-21/h16-19H,5-15H2,1-4H3. The second-order valence-corrected chi connectivity index (χ2v) is 8.21. The smallest absolute Gasteiger partial charge is 0.00926 e. The Morgan fingerprint density at radius 2 is 1.62 bits per heavy atom. The Hall–Kier alpha value is -0.0800. The van der Waals surface area contributed by atoms with E-state index in [4.69, 9.17) is 0 Å². The quantitative estimate of drug-likeness (QED) is 0.722. The zero-order chi connectivity index (χ0) is 15.2. The molecule has 21 heavy (non-hydrogen) atoms. The average Bonchev–Trinajstić information content (AvgIpc) is 2.47. The van der Waals surface area contributed by atoms with Gasteiger partial charge in [-0.1, -0.05) is 27.2 Å². The van der Waals surface area contributed by atoms with Gasteiger partial charge in [-0.15, -0.1) is 0 Å². The molecule has 2 saturated heterocycles. The zero-order valence-electron chi connectivity index (χ0n) is 15.0. The molecule has 0 N–H and O–H groups in total. The van der Waals surface area contributed by atoms with Crippen molar-refractivity contribution in [3.63, 3.8) is 0 Å². The molecular formula is C19H38N2. The van der Waals surface area contributed by atoms with Crippen LogP contribution in [0, 0.1) is 17.8 Å². The molecule has 0 amide bonds. The molecule has 2 aliphatic heterocycles. The molecule has 3 unspecified atom stereocenters. The predicted octanol–water partition coefficient (Wildman–Crippen LogP) is 4.26. The molecule has 0 aromatic rings. The first-order valence-electron chi connectivity index (χ1n) is 9.52. The fraction of sp³-hybridized carbons (Fsp3) is 1.00. The van der Waals surface area contributed by atoms with Gasteiger partial charge in [0.2, 0.25) is 0 Å². The first-order valence-corrected chi connectivity index (χ1v) is 9.52. The van der Waals surface area contributed by atoms with Gasteiger partial charge in [0.05, 0.1) is 0 Å². The molecule has 0 aromatic carbocycles. The third-order valence-corrected chi connectivity index (χ3v) is 5.72. The topological polar surface area (TPSA) is 6.48 Å². The molecule has 3 atom stereocenters. The van der Waals surface area contributed by atoms with Crippen LogP contribution in [0.1, 0.15) is 66.2 Å². The van der Waals surface area contributed by atoms with E-state index < -0.39 is 0 Å². The summed E-state index contributed by atoms with van der Waals surface area (Å²) in [5.74, 6) is 2.61. The highest BCUT2D eigenvalue weighted by Crippen LogP contribution is 2.27. The zero-order valence-corrected chi connectivity index (χ0v) is 15.0. The summed E-state index contributed by atoms with van der Waals surface area (Å²) in [6.07, 6.45) is 8.61. The molecule has 0 bridgehead atoms. The van der Waals surface area contributed by atoms with E-state index in [2.05, 4.69) is 37.5 Å². The van der Waals surface area contributed by atoms with Crippen molar-refractivity contribution in [1.82, 2.24) is 9.80 Å². The van der Waals surface area contributed by atoms with Gasteiger partial charge in [-0.3, -0.25) is 0 Å². The van der Waals surface area contributed by atoms with Crippen LogP contribution in [-0.4, -0.2) is 48.6 Å². The van der Waals surface area contributed by atoms with Crippen molar-refractivity contribution in [2.75, 3.05) is 32.7 Å². The molecule has 2 nitrogen and oxygen atoms in total. The summed E-state index contributed by atoms with van der Waals surface area (Å²) in [5, 5.41) is 0. The highest BCUT2D eigenvalue weighted by atomic mass is 15.2. The van der Waals surface area contributed by atoms with E-state index >= 15 is 0 Å². The van der Waals surface area contributed by atoms with Crippen molar-refractivity contribution in [3.8, 4) is 0 Å². The Morgan fingerprint density at radius 1 is 0.905 bits per heavy atom. The van der Waals surface area contributed by atoms with Crippen LogP contribution in [0.3, 0.4) is 0 Å². The minimum atomic E-state index is 0.783. The monoisotopic (exact) mass is 294 g/mol. The van der Waals surface area contributed by atoms with Gasteiger partial charge in [0.1, 0.15) is 0 Å². The molecule has 2 heteroatoms. The predicted molar refractivity (Wildman–Crippen MR) is 92.7 cm³/mol. The summed E-state index contributed by atoms with van der Waals surface area (Å²) in [4.78, 5) is 5.47. The maximum atomic E-state index is 2.75. The molecule has 124 valence electrons. The SMILES string of the molecule is CC(C)CN1CCCC(CC(C)C(C)N2CCCCC2)C1. The second-order valence-electron chi connectivity index (χ2n) is 8.21.